The number of nitrogens with zero attached hydrogens (tertiary/aromatic N) is 2. The molecule has 3 rings (SSSR count). The monoisotopic (exact) mass is 406 g/mol. The van der Waals surface area contributed by atoms with Gasteiger partial charge in [0, 0.05) is 44.0 Å². The lowest BCUT2D eigenvalue weighted by Gasteiger charge is -2.35. The van der Waals surface area contributed by atoms with Crippen LogP contribution in [0.15, 0.2) is 18.2 Å². The predicted molar refractivity (Wildman–Crippen MR) is 98.7 cm³/mol. The number of benzene rings is 1. The summed E-state index contributed by atoms with van der Waals surface area (Å²) in [6.07, 6.45) is 0.779. The highest BCUT2D eigenvalue weighted by molar-refractivity contribution is 7.99. The van der Waals surface area contributed by atoms with Gasteiger partial charge in [-0.1, -0.05) is 0 Å². The van der Waals surface area contributed by atoms with E-state index in [0.29, 0.717) is 26.3 Å². The molecule has 2 fully saturated rings. The van der Waals surface area contributed by atoms with Crippen LogP contribution < -0.4 is 0 Å². The van der Waals surface area contributed by atoms with Gasteiger partial charge in [0.25, 0.3) is 0 Å². The molecule has 2 aliphatic heterocycles. The quantitative estimate of drug-likeness (QED) is 0.748. The van der Waals surface area contributed by atoms with Gasteiger partial charge in [-0.15, -0.1) is 0 Å². The average molecular weight is 407 g/mol. The number of halogens is 2. The average Bonchev–Trinajstić information content (AvgIpc) is 2.80. The van der Waals surface area contributed by atoms with E-state index < -0.39 is 21.7 Å². The normalized spacial score (nSPS) is 23.7. The first-order chi connectivity index (χ1) is 12.4. The van der Waals surface area contributed by atoms with Crippen molar-refractivity contribution in [2.75, 3.05) is 50.9 Å². The van der Waals surface area contributed by atoms with Gasteiger partial charge in [0.2, 0.25) is 10.0 Å². The Balaban J connectivity index is 1.76. The highest BCUT2D eigenvalue weighted by atomic mass is 32.2. The zero-order chi connectivity index (χ0) is 18.6. The molecule has 0 spiro atoms. The van der Waals surface area contributed by atoms with Crippen molar-refractivity contribution < 1.29 is 21.9 Å². The second kappa shape index (κ2) is 8.97. The Labute approximate surface area is 157 Å². The van der Waals surface area contributed by atoms with E-state index in [1.165, 1.54) is 0 Å². The van der Waals surface area contributed by atoms with E-state index in [1.807, 2.05) is 0 Å². The highest BCUT2D eigenvalue weighted by Gasteiger charge is 2.33. The van der Waals surface area contributed by atoms with Crippen molar-refractivity contribution in [3.05, 3.63) is 35.4 Å². The maximum Gasteiger partial charge on any atom is 0.218 e. The third-order valence-electron chi connectivity index (χ3n) is 4.59. The summed E-state index contributed by atoms with van der Waals surface area (Å²) < 4.78 is 59.8. The summed E-state index contributed by atoms with van der Waals surface area (Å²) in [5.74, 6) is -0.252. The maximum absolute atomic E-state index is 13.4. The number of rotatable bonds is 5. The van der Waals surface area contributed by atoms with Crippen LogP contribution in [0, 0.1) is 11.6 Å². The smallest absolute Gasteiger partial charge is 0.218 e. The molecule has 0 saturated carbocycles. The number of hydrogen-bond donors (Lipinski definition) is 0. The molecule has 0 aromatic heterocycles. The molecule has 0 bridgehead atoms. The Hall–Kier alpha value is -0.740. The first kappa shape index (κ1) is 20.0. The zero-order valence-corrected chi connectivity index (χ0v) is 16.2. The van der Waals surface area contributed by atoms with Gasteiger partial charge in [0.1, 0.15) is 11.6 Å². The summed E-state index contributed by atoms with van der Waals surface area (Å²) in [6.45, 7) is 4.02. The molecule has 9 heteroatoms. The molecule has 1 aromatic rings. The predicted octanol–water partition coefficient (Wildman–Crippen LogP) is 1.93. The molecule has 0 N–H and O–H groups in total. The van der Waals surface area contributed by atoms with Crippen molar-refractivity contribution in [3.8, 4) is 0 Å². The molecule has 5 nitrogen and oxygen atoms in total. The van der Waals surface area contributed by atoms with Gasteiger partial charge in [0.05, 0.1) is 19.0 Å². The van der Waals surface area contributed by atoms with E-state index in [0.717, 1.165) is 49.2 Å². The maximum atomic E-state index is 13.4. The summed E-state index contributed by atoms with van der Waals surface area (Å²) in [4.78, 5) is 2.23. The fourth-order valence-electron chi connectivity index (χ4n) is 3.39. The molecule has 0 aliphatic carbocycles. The summed E-state index contributed by atoms with van der Waals surface area (Å²) in [7, 11) is -3.66. The van der Waals surface area contributed by atoms with Crippen LogP contribution in [0.1, 0.15) is 12.0 Å². The lowest BCUT2D eigenvalue weighted by molar-refractivity contribution is 0.0309. The molecule has 0 amide bonds. The van der Waals surface area contributed by atoms with Crippen molar-refractivity contribution in [2.24, 2.45) is 0 Å². The standard InChI is InChI=1S/C17H24F2N2O3S2/c18-15-8-14(9-16(19)10-15)13-26(22,23)21-2-1-7-25-12-17(21)11-20-3-5-24-6-4-20/h8-10,17H,1-7,11-13H2. The molecular weight excluding hydrogens is 382 g/mol. The van der Waals surface area contributed by atoms with E-state index in [9.17, 15) is 17.2 Å². The van der Waals surface area contributed by atoms with E-state index in [1.54, 1.807) is 16.1 Å². The lowest BCUT2D eigenvalue weighted by Crippen LogP contribution is -2.50. The summed E-state index contributed by atoms with van der Waals surface area (Å²) >= 11 is 1.76. The molecule has 2 heterocycles. The first-order valence-corrected chi connectivity index (χ1v) is 11.5. The molecule has 1 atom stereocenters. The molecule has 146 valence electrons. The van der Waals surface area contributed by atoms with Crippen LogP contribution in [0.3, 0.4) is 0 Å². The Morgan fingerprint density at radius 2 is 1.81 bits per heavy atom. The third kappa shape index (κ3) is 5.39. The van der Waals surface area contributed by atoms with Gasteiger partial charge < -0.3 is 4.74 Å². The summed E-state index contributed by atoms with van der Waals surface area (Å²) in [6, 6.07) is 2.79. The summed E-state index contributed by atoms with van der Waals surface area (Å²) in [5, 5.41) is 0. The number of thioether (sulfide) groups is 1. The molecular formula is C17H24F2N2O3S2. The Morgan fingerprint density at radius 3 is 2.50 bits per heavy atom. The summed E-state index contributed by atoms with van der Waals surface area (Å²) in [5.41, 5.74) is 0.143. The molecule has 26 heavy (non-hydrogen) atoms. The SMILES string of the molecule is O=S(=O)(Cc1cc(F)cc(F)c1)N1CCCSCC1CN1CCOCC1. The molecule has 2 saturated heterocycles. The lowest BCUT2D eigenvalue weighted by atomic mass is 10.2. The van der Waals surface area contributed by atoms with Crippen molar-refractivity contribution in [1.82, 2.24) is 9.21 Å². The number of morpholine rings is 1. The fourth-order valence-corrected chi connectivity index (χ4v) is 6.30. The Morgan fingerprint density at radius 1 is 1.12 bits per heavy atom. The van der Waals surface area contributed by atoms with E-state index >= 15 is 0 Å². The fraction of sp³-hybridized carbons (Fsp3) is 0.647. The minimum Gasteiger partial charge on any atom is -0.379 e. The van der Waals surface area contributed by atoms with Crippen molar-refractivity contribution in [2.45, 2.75) is 18.2 Å². The van der Waals surface area contributed by atoms with Crippen LogP contribution in [-0.4, -0.2) is 74.6 Å². The largest absolute Gasteiger partial charge is 0.379 e. The van der Waals surface area contributed by atoms with Gasteiger partial charge in [0.15, 0.2) is 0 Å². The van der Waals surface area contributed by atoms with Gasteiger partial charge >= 0.3 is 0 Å². The number of sulfonamides is 1. The first-order valence-electron chi connectivity index (χ1n) is 8.76. The topological polar surface area (TPSA) is 49.9 Å². The van der Waals surface area contributed by atoms with Crippen molar-refractivity contribution in [3.63, 3.8) is 0 Å². The minimum absolute atomic E-state index is 0.135. The van der Waals surface area contributed by atoms with Crippen LogP contribution in [0.5, 0.6) is 0 Å². The van der Waals surface area contributed by atoms with Gasteiger partial charge in [-0.2, -0.15) is 16.1 Å². The third-order valence-corrected chi connectivity index (χ3v) is 7.68. The molecule has 1 aromatic carbocycles. The highest BCUT2D eigenvalue weighted by Crippen LogP contribution is 2.23. The van der Waals surface area contributed by atoms with E-state index in [4.69, 9.17) is 4.74 Å². The van der Waals surface area contributed by atoms with Crippen LogP contribution in [0.25, 0.3) is 0 Å². The van der Waals surface area contributed by atoms with E-state index in [2.05, 4.69) is 4.90 Å². The molecule has 0 radical (unpaired) electrons. The second-order valence-corrected chi connectivity index (χ2v) is 9.71. The van der Waals surface area contributed by atoms with Crippen LogP contribution >= 0.6 is 11.8 Å². The van der Waals surface area contributed by atoms with Crippen LogP contribution in [-0.2, 0) is 20.5 Å². The minimum atomic E-state index is -3.66. The van der Waals surface area contributed by atoms with Crippen LogP contribution in [0.2, 0.25) is 0 Å². The van der Waals surface area contributed by atoms with Gasteiger partial charge in [-0.25, -0.2) is 17.2 Å². The van der Waals surface area contributed by atoms with Gasteiger partial charge in [-0.05, 0) is 29.9 Å². The van der Waals surface area contributed by atoms with Gasteiger partial charge in [-0.3, -0.25) is 4.90 Å². The van der Waals surface area contributed by atoms with Crippen LogP contribution in [0.4, 0.5) is 8.78 Å². The molecule has 1 unspecified atom stereocenters. The molecule has 2 aliphatic rings. The Bertz CT molecular complexity index is 692. The Kier molecular flexibility index (Phi) is 6.90. The number of ether oxygens (including phenoxy) is 1. The second-order valence-electron chi connectivity index (χ2n) is 6.64. The van der Waals surface area contributed by atoms with Crippen molar-refractivity contribution >= 4 is 21.8 Å². The van der Waals surface area contributed by atoms with Crippen molar-refractivity contribution in [1.29, 1.82) is 0 Å². The zero-order valence-electron chi connectivity index (χ0n) is 14.6. The van der Waals surface area contributed by atoms with E-state index in [-0.39, 0.29) is 17.4 Å². The number of hydrogen-bond acceptors (Lipinski definition) is 5.